The molecule has 4 aromatic heterocycles. The first kappa shape index (κ1) is 15.6. The lowest BCUT2D eigenvalue weighted by atomic mass is 10.3. The van der Waals surface area contributed by atoms with Crippen molar-refractivity contribution in [1.29, 1.82) is 0 Å². The van der Waals surface area contributed by atoms with Crippen molar-refractivity contribution in [3.05, 3.63) is 37.7 Å². The van der Waals surface area contributed by atoms with E-state index < -0.39 is 11.9 Å². The number of hydrogen-bond acceptors (Lipinski definition) is 10. The fourth-order valence-electron chi connectivity index (χ4n) is 2.14. The molecule has 0 aliphatic carbocycles. The van der Waals surface area contributed by atoms with Gasteiger partial charge in [-0.15, -0.1) is 9.46 Å². The van der Waals surface area contributed by atoms with Crippen molar-refractivity contribution >= 4 is 34.3 Å². The number of aromatic nitrogens is 8. The van der Waals surface area contributed by atoms with Crippen LogP contribution < -0.4 is 9.68 Å². The number of carbonyl (C=O) groups excluding carboxylic acids is 2. The number of fused-ring (bicyclic) bond motifs is 2. The molecule has 0 radical (unpaired) electrons. The largest absolute Gasteiger partial charge is 0.333 e. The summed E-state index contributed by atoms with van der Waals surface area (Å²) < 4.78 is 2.23. The smallest absolute Gasteiger partial charge is 0.333 e. The van der Waals surface area contributed by atoms with E-state index in [9.17, 15) is 9.59 Å². The number of rotatable bonds is 5. The molecule has 0 saturated carbocycles. The van der Waals surface area contributed by atoms with Crippen LogP contribution in [-0.2, 0) is 9.59 Å². The van der Waals surface area contributed by atoms with Crippen LogP contribution in [0.5, 0.6) is 0 Å². The summed E-state index contributed by atoms with van der Waals surface area (Å²) >= 11 is 0. The van der Waals surface area contributed by atoms with Gasteiger partial charge < -0.3 is 9.68 Å². The molecule has 0 aliphatic heterocycles. The van der Waals surface area contributed by atoms with E-state index in [0.29, 0.717) is 22.3 Å². The highest BCUT2D eigenvalue weighted by Gasteiger charge is 2.15. The van der Waals surface area contributed by atoms with Gasteiger partial charge >= 0.3 is 11.9 Å². The zero-order valence-corrected chi connectivity index (χ0v) is 13.1. The normalized spacial score (nSPS) is 10.9. The van der Waals surface area contributed by atoms with Crippen LogP contribution in [0, 0.1) is 0 Å². The summed E-state index contributed by atoms with van der Waals surface area (Å²) in [5.41, 5.74) is 1.66. The van der Waals surface area contributed by atoms with Gasteiger partial charge in [0, 0.05) is 0 Å². The van der Waals surface area contributed by atoms with Gasteiger partial charge in [0.25, 0.3) is 0 Å². The van der Waals surface area contributed by atoms with Crippen molar-refractivity contribution < 1.29 is 19.3 Å². The molecule has 4 heterocycles. The fourth-order valence-corrected chi connectivity index (χ4v) is 2.14. The number of imidazole rings is 2. The van der Waals surface area contributed by atoms with Crippen LogP contribution in [0.3, 0.4) is 0 Å². The van der Waals surface area contributed by atoms with Gasteiger partial charge in [-0.05, 0) is 0 Å². The number of hydrogen-bond donors (Lipinski definition) is 0. The molecule has 4 aromatic rings. The number of nitrogens with zero attached hydrogens (tertiary/aromatic N) is 8. The van der Waals surface area contributed by atoms with Crippen LogP contribution in [-0.4, -0.2) is 51.3 Å². The molecule has 26 heavy (non-hydrogen) atoms. The summed E-state index contributed by atoms with van der Waals surface area (Å²) in [6.45, 7) is 0. The second kappa shape index (κ2) is 6.51. The Labute approximate surface area is 144 Å². The van der Waals surface area contributed by atoms with Gasteiger partial charge in [-0.3, -0.25) is 0 Å². The summed E-state index contributed by atoms with van der Waals surface area (Å²) in [4.78, 5) is 57.6. The first-order valence-electron chi connectivity index (χ1n) is 7.39. The molecule has 0 unspecified atom stereocenters. The lowest BCUT2D eigenvalue weighted by Crippen LogP contribution is -2.23. The SMILES string of the molecule is O=C(CCC(=O)On1cnc2cncnc21)On1cnc2cncnc21. The summed E-state index contributed by atoms with van der Waals surface area (Å²) in [6, 6.07) is 0. The minimum atomic E-state index is -0.641. The molecule has 0 bridgehead atoms. The van der Waals surface area contributed by atoms with Crippen molar-refractivity contribution in [2.24, 2.45) is 0 Å². The maximum Gasteiger partial charge on any atom is 0.333 e. The van der Waals surface area contributed by atoms with Crippen molar-refractivity contribution in [3.8, 4) is 0 Å². The van der Waals surface area contributed by atoms with E-state index in [1.54, 1.807) is 0 Å². The van der Waals surface area contributed by atoms with E-state index in [2.05, 4.69) is 29.9 Å². The molecule has 0 spiro atoms. The number of carbonyl (C=O) groups is 2. The predicted molar refractivity (Wildman–Crippen MR) is 83.1 cm³/mol. The summed E-state index contributed by atoms with van der Waals surface area (Å²) in [7, 11) is 0. The Bertz CT molecular complexity index is 1020. The molecule has 4 rings (SSSR count). The van der Waals surface area contributed by atoms with Crippen molar-refractivity contribution in [3.63, 3.8) is 0 Å². The Hall–Kier alpha value is -3.96. The topological polar surface area (TPSA) is 140 Å². The molecule has 0 aliphatic rings. The Morgan fingerprint density at radius 1 is 0.769 bits per heavy atom. The van der Waals surface area contributed by atoms with Crippen LogP contribution in [0.2, 0.25) is 0 Å². The summed E-state index contributed by atoms with van der Waals surface area (Å²) in [5, 5.41) is 0. The minimum absolute atomic E-state index is 0.189. The average molecular weight is 354 g/mol. The summed E-state index contributed by atoms with van der Waals surface area (Å²) in [6.07, 6.45) is 7.82. The quantitative estimate of drug-likeness (QED) is 0.454. The first-order valence-corrected chi connectivity index (χ1v) is 7.39. The van der Waals surface area contributed by atoms with E-state index in [1.807, 2.05) is 0 Å². The van der Waals surface area contributed by atoms with Gasteiger partial charge in [-0.1, -0.05) is 0 Å². The second-order valence-electron chi connectivity index (χ2n) is 5.03. The molecule has 12 heteroatoms. The van der Waals surface area contributed by atoms with Crippen molar-refractivity contribution in [1.82, 2.24) is 39.4 Å². The molecule has 0 saturated heterocycles. The Balaban J connectivity index is 1.34. The first-order chi connectivity index (χ1) is 12.7. The van der Waals surface area contributed by atoms with Crippen LogP contribution in [0.25, 0.3) is 22.3 Å². The Morgan fingerprint density at radius 3 is 1.69 bits per heavy atom. The van der Waals surface area contributed by atoms with Gasteiger partial charge in [0.2, 0.25) is 0 Å². The lowest BCUT2D eigenvalue weighted by molar-refractivity contribution is -0.150. The summed E-state index contributed by atoms with van der Waals surface area (Å²) in [5.74, 6) is -1.28. The second-order valence-corrected chi connectivity index (χ2v) is 5.03. The highest BCUT2D eigenvalue weighted by atomic mass is 16.7. The average Bonchev–Trinajstić information content (AvgIpc) is 3.25. The lowest BCUT2D eigenvalue weighted by Gasteiger charge is -2.05. The highest BCUT2D eigenvalue weighted by molar-refractivity contribution is 5.79. The van der Waals surface area contributed by atoms with Crippen LogP contribution in [0.4, 0.5) is 0 Å². The van der Waals surface area contributed by atoms with Gasteiger partial charge in [-0.25, -0.2) is 39.5 Å². The molecule has 130 valence electrons. The van der Waals surface area contributed by atoms with E-state index in [0.717, 1.165) is 9.46 Å². The third-order valence-corrected chi connectivity index (χ3v) is 3.30. The van der Waals surface area contributed by atoms with E-state index in [1.165, 1.54) is 37.7 Å². The zero-order valence-electron chi connectivity index (χ0n) is 13.1. The fraction of sp³-hybridized carbons (Fsp3) is 0.143. The standard InChI is InChI=1S/C14H10N8O4/c23-11(25-21-7-19-9-3-15-5-17-13(9)21)1-2-12(24)26-22-8-20-10-4-16-6-18-14(10)22/h3-8H,1-2H2. The van der Waals surface area contributed by atoms with Crippen LogP contribution in [0.15, 0.2) is 37.7 Å². The molecule has 0 N–H and O–H groups in total. The van der Waals surface area contributed by atoms with Gasteiger partial charge in [-0.2, -0.15) is 0 Å². The van der Waals surface area contributed by atoms with E-state index >= 15 is 0 Å². The third-order valence-electron chi connectivity index (χ3n) is 3.30. The molecule has 0 fully saturated rings. The van der Waals surface area contributed by atoms with Crippen LogP contribution in [0.1, 0.15) is 12.8 Å². The Morgan fingerprint density at radius 2 is 1.23 bits per heavy atom. The molecule has 0 atom stereocenters. The van der Waals surface area contributed by atoms with Crippen molar-refractivity contribution in [2.45, 2.75) is 12.8 Å². The minimum Gasteiger partial charge on any atom is -0.333 e. The monoisotopic (exact) mass is 354 g/mol. The molecule has 0 aromatic carbocycles. The van der Waals surface area contributed by atoms with Gasteiger partial charge in [0.15, 0.2) is 11.3 Å². The van der Waals surface area contributed by atoms with E-state index in [-0.39, 0.29) is 12.8 Å². The van der Waals surface area contributed by atoms with E-state index in [4.69, 9.17) is 9.68 Å². The molecule has 0 amide bonds. The third kappa shape index (κ3) is 3.02. The molecular formula is C14H10N8O4. The van der Waals surface area contributed by atoms with Crippen LogP contribution >= 0.6 is 0 Å². The van der Waals surface area contributed by atoms with Crippen molar-refractivity contribution in [2.75, 3.05) is 0 Å². The predicted octanol–water partition coefficient (Wildman–Crippen LogP) is -0.643. The van der Waals surface area contributed by atoms with Gasteiger partial charge in [0.1, 0.15) is 36.3 Å². The maximum atomic E-state index is 11.9. The zero-order chi connectivity index (χ0) is 17.9. The molecule has 12 nitrogen and oxygen atoms in total. The van der Waals surface area contributed by atoms with Gasteiger partial charge in [0.05, 0.1) is 25.2 Å². The Kier molecular flexibility index (Phi) is 3.89. The molecular weight excluding hydrogens is 344 g/mol. The maximum absolute atomic E-state index is 11.9. The highest BCUT2D eigenvalue weighted by Crippen LogP contribution is 2.07.